The third kappa shape index (κ3) is 18.2. The van der Waals surface area contributed by atoms with E-state index in [0.717, 1.165) is 62.9 Å². The van der Waals surface area contributed by atoms with Crippen molar-refractivity contribution in [2.75, 3.05) is 14.2 Å². The molecule has 0 unspecified atom stereocenters. The van der Waals surface area contributed by atoms with E-state index in [1.165, 1.54) is 250 Å². The highest BCUT2D eigenvalue weighted by molar-refractivity contribution is 5.95. The fourth-order valence-electron chi connectivity index (χ4n) is 22.2. The van der Waals surface area contributed by atoms with Crippen LogP contribution < -0.4 is 9.47 Å². The monoisotopic (exact) mass is 1770 g/mol. The standard InChI is InChI=1S/C21H15N.C21H26.C17H18.C16H16.C15H14O2.2C15H14.C13H10/c1-2-7-16(8-3-1)22-13-12-19-20-14-15-6-4-5-9-17(15)18(20)10-11-21(19)22;1-20(2,3)16-9-7-14-11-15-8-10-17(21(4,5)6)13-19(15)18(14)12-16;1-10-5-12(3)14-9-15-13(4)6-11(2)8-17(15)16(14)7-10;1-16(2)14-9-5-3-7-12(14)11-13-8-4-6-10-15(13)16;1-16-12-5-3-10-7-11-4-6-13(17-2)9-15(11)14(10)8-12;1-10-3-5-12-9-13-6-4-11(2)8-15(13)14(12)7-10;1-10-5-3-7-12-13-8-4-6-11(2)15(13)9-14(10)12;1-3-7-12-10(5-1)9-11-6-2-4-8-13(11)12/h1-13H,14H2;7-10,12-13H,11H2,1-6H3;5-8H,9H2,1-4H3;3-10H,11H2,1-2H3;3-6,8-9H,7H2,1-2H3;2*3-8H,9H2,1-2H3;1-8H,9H2. The topological polar surface area (TPSA) is 23.4 Å². The van der Waals surface area contributed by atoms with Crippen molar-refractivity contribution in [2.24, 2.45) is 0 Å². The van der Waals surface area contributed by atoms with Crippen LogP contribution in [0.1, 0.15) is 211 Å². The molecule has 0 N–H and O–H groups in total. The molecule has 0 atom stereocenters. The molecule has 26 rings (SSSR count). The van der Waals surface area contributed by atoms with Gasteiger partial charge in [0.2, 0.25) is 0 Å². The highest BCUT2D eigenvalue weighted by atomic mass is 16.5. The van der Waals surface area contributed by atoms with Crippen molar-refractivity contribution in [1.29, 1.82) is 0 Å². The van der Waals surface area contributed by atoms with Gasteiger partial charge in [0.05, 0.1) is 19.7 Å². The number of methoxy groups -OCH3 is 2. The molecule has 0 spiro atoms. The Morgan fingerprint density at radius 2 is 0.566 bits per heavy atom. The first-order valence-corrected chi connectivity index (χ1v) is 48.9. The van der Waals surface area contributed by atoms with Crippen LogP contribution in [-0.2, 0) is 67.6 Å². The minimum Gasteiger partial charge on any atom is -0.497 e. The van der Waals surface area contributed by atoms with Crippen LogP contribution in [0, 0.1) is 55.4 Å². The van der Waals surface area contributed by atoms with Gasteiger partial charge in [-0.25, -0.2) is 0 Å². The maximum Gasteiger partial charge on any atom is 0.119 e. The lowest BCUT2D eigenvalue weighted by Gasteiger charge is -2.35. The number of rotatable bonds is 3. The number of benzene rings is 17. The lowest BCUT2D eigenvalue weighted by molar-refractivity contribution is 0.414. The van der Waals surface area contributed by atoms with Gasteiger partial charge in [0.15, 0.2) is 0 Å². The third-order valence-corrected chi connectivity index (χ3v) is 29.6. The Morgan fingerprint density at radius 3 is 1.00 bits per heavy atom. The molecule has 0 saturated carbocycles. The lowest BCUT2D eigenvalue weighted by Crippen LogP contribution is -2.26. The highest BCUT2D eigenvalue weighted by Crippen LogP contribution is 2.49. The van der Waals surface area contributed by atoms with Crippen LogP contribution in [0.2, 0.25) is 0 Å². The summed E-state index contributed by atoms with van der Waals surface area (Å²) in [6.45, 7) is 36.0. The van der Waals surface area contributed by atoms with Gasteiger partial charge in [-0.05, 0) is 378 Å². The van der Waals surface area contributed by atoms with Gasteiger partial charge in [-0.3, -0.25) is 0 Å². The van der Waals surface area contributed by atoms with Crippen LogP contribution in [0.15, 0.2) is 346 Å². The molecular weight excluding hydrogens is 1640 g/mol. The Bertz CT molecular complexity index is 7270. The molecule has 676 valence electrons. The Labute approximate surface area is 808 Å². The zero-order valence-corrected chi connectivity index (χ0v) is 82.8. The minimum absolute atomic E-state index is 0.144. The molecule has 0 bridgehead atoms. The van der Waals surface area contributed by atoms with Gasteiger partial charge in [-0.15, -0.1) is 0 Å². The summed E-state index contributed by atoms with van der Waals surface area (Å²) in [6.07, 6.45) is 10.8. The summed E-state index contributed by atoms with van der Waals surface area (Å²) in [5, 5.41) is 1.37. The summed E-state index contributed by atoms with van der Waals surface area (Å²) in [5.41, 5.74) is 63.2. The fourth-order valence-corrected chi connectivity index (χ4v) is 22.2. The number of fused-ring (bicyclic) bond motifs is 25. The summed E-state index contributed by atoms with van der Waals surface area (Å²) in [7, 11) is 3.40. The molecule has 0 fully saturated rings. The number of hydrogen-bond donors (Lipinski definition) is 0. The predicted octanol–water partition coefficient (Wildman–Crippen LogP) is 33.7. The Hall–Kier alpha value is -14.1. The van der Waals surface area contributed by atoms with E-state index < -0.39 is 0 Å². The van der Waals surface area contributed by atoms with Crippen molar-refractivity contribution in [2.45, 2.75) is 178 Å². The summed E-state index contributed by atoms with van der Waals surface area (Å²) in [4.78, 5) is 0. The maximum absolute atomic E-state index is 5.28. The molecule has 136 heavy (non-hydrogen) atoms. The van der Waals surface area contributed by atoms with E-state index in [2.05, 4.69) is 449 Å². The SMILES string of the molecule is CC(C)(C)c1ccc2c(c1)-c1cc(C(C)(C)C)ccc1C2.CC1(C)c2ccccc2Cc2ccccc21.COc1ccc2c(c1)-c1cc(OC)ccc1C2.Cc1cc(C)c2c(c1)-c1cc(C)cc(C)c1C2.Cc1ccc2c(c1)-c1cc(C)ccc1C2.Cc1cccc2c1Cc1c(C)cccc1-2.c1ccc(-n2ccc3c4c(ccc32)-c2ccccc2C4)cc1.c1ccc2c(c1)Cc1ccccc1-2. The number of para-hydroxylation sites is 1. The van der Waals surface area contributed by atoms with Gasteiger partial charge in [0.25, 0.3) is 0 Å². The van der Waals surface area contributed by atoms with E-state index in [9.17, 15) is 0 Å². The first-order valence-electron chi connectivity index (χ1n) is 48.9. The minimum atomic E-state index is 0.144. The fraction of sp³-hybridized carbons (Fsp3) is 0.218. The molecule has 1 aromatic heterocycles. The number of aryl methyl sites for hydroxylation is 8. The Morgan fingerprint density at radius 1 is 0.235 bits per heavy atom. The molecule has 3 nitrogen and oxygen atoms in total. The molecule has 8 aliphatic rings. The molecule has 1 heterocycles. The molecule has 0 amide bonds. The number of nitrogens with zero attached hydrogens (tertiary/aromatic N) is 1. The smallest absolute Gasteiger partial charge is 0.119 e. The second-order valence-electron chi connectivity index (χ2n) is 41.4. The van der Waals surface area contributed by atoms with Crippen molar-refractivity contribution >= 4 is 10.9 Å². The summed E-state index contributed by atoms with van der Waals surface area (Å²) < 4.78 is 12.8. The normalized spacial score (nSPS) is 13.0. The van der Waals surface area contributed by atoms with Crippen LogP contribution >= 0.6 is 0 Å². The van der Waals surface area contributed by atoms with Crippen molar-refractivity contribution in [3.63, 3.8) is 0 Å². The average Bonchev–Trinajstić information content (AvgIpc) is 1.71. The number of hydrogen-bond acceptors (Lipinski definition) is 2. The second-order valence-corrected chi connectivity index (χ2v) is 41.4. The van der Waals surface area contributed by atoms with E-state index in [1.54, 1.807) is 14.2 Å². The van der Waals surface area contributed by atoms with Crippen LogP contribution in [0.3, 0.4) is 0 Å². The second kappa shape index (κ2) is 37.6. The molecular formula is C133H127NO2. The quantitative estimate of drug-likeness (QED) is 0.176. The van der Waals surface area contributed by atoms with Gasteiger partial charge in [-0.1, -0.05) is 369 Å². The number of ether oxygens (including phenoxy) is 2. The first-order chi connectivity index (χ1) is 65.6. The number of aromatic nitrogens is 1. The third-order valence-electron chi connectivity index (χ3n) is 29.6. The zero-order valence-electron chi connectivity index (χ0n) is 82.8. The van der Waals surface area contributed by atoms with Gasteiger partial charge in [0, 0.05) is 22.7 Å². The molecule has 0 radical (unpaired) electrons. The van der Waals surface area contributed by atoms with Crippen LogP contribution in [-0.4, -0.2) is 18.8 Å². The molecule has 17 aromatic carbocycles. The first kappa shape index (κ1) is 91.0. The van der Waals surface area contributed by atoms with Gasteiger partial charge < -0.3 is 14.0 Å². The van der Waals surface area contributed by atoms with Crippen molar-refractivity contribution in [3.8, 4) is 95.1 Å². The van der Waals surface area contributed by atoms with Crippen LogP contribution in [0.25, 0.3) is 94.5 Å². The van der Waals surface area contributed by atoms with Gasteiger partial charge in [0.1, 0.15) is 11.5 Å². The van der Waals surface area contributed by atoms with E-state index in [-0.39, 0.29) is 16.2 Å². The van der Waals surface area contributed by atoms with Crippen molar-refractivity contribution in [3.05, 3.63) is 502 Å². The molecule has 3 heteroatoms. The predicted molar refractivity (Wildman–Crippen MR) is 576 cm³/mol. The Balaban J connectivity index is 0.000000100. The van der Waals surface area contributed by atoms with E-state index in [1.807, 2.05) is 12.1 Å². The van der Waals surface area contributed by atoms with Gasteiger partial charge in [-0.2, -0.15) is 0 Å². The van der Waals surface area contributed by atoms with Crippen molar-refractivity contribution in [1.82, 2.24) is 4.57 Å². The van der Waals surface area contributed by atoms with Crippen LogP contribution in [0.4, 0.5) is 0 Å². The molecule has 0 aliphatic heterocycles. The molecule has 0 saturated heterocycles. The maximum atomic E-state index is 5.28. The Kier molecular flexibility index (Phi) is 25.2. The molecule has 8 aliphatic carbocycles. The van der Waals surface area contributed by atoms with E-state index >= 15 is 0 Å². The largest absolute Gasteiger partial charge is 0.497 e. The molecule has 18 aromatic rings. The van der Waals surface area contributed by atoms with Gasteiger partial charge >= 0.3 is 0 Å². The van der Waals surface area contributed by atoms with Crippen LogP contribution in [0.5, 0.6) is 11.5 Å². The van der Waals surface area contributed by atoms with Crippen molar-refractivity contribution < 1.29 is 9.47 Å². The zero-order chi connectivity index (χ0) is 94.6. The summed E-state index contributed by atoms with van der Waals surface area (Å²) in [6, 6.07) is 124. The van der Waals surface area contributed by atoms with E-state index in [0.29, 0.717) is 0 Å². The lowest BCUT2D eigenvalue weighted by atomic mass is 9.69. The van der Waals surface area contributed by atoms with E-state index in [4.69, 9.17) is 9.47 Å². The summed E-state index contributed by atoms with van der Waals surface area (Å²) >= 11 is 0. The average molecular weight is 1770 g/mol. The summed E-state index contributed by atoms with van der Waals surface area (Å²) in [5.74, 6) is 1.80. The highest BCUT2D eigenvalue weighted by Gasteiger charge is 2.33.